The average molecular weight is 377 g/mol. The molecule has 25 heavy (non-hydrogen) atoms. The van der Waals surface area contributed by atoms with Crippen LogP contribution < -0.4 is 0 Å². The van der Waals surface area contributed by atoms with Crippen molar-refractivity contribution in [3.05, 3.63) is 0 Å². The topological polar surface area (TPSA) is 61.9 Å². The third kappa shape index (κ3) is 11.3. The molecule has 2 saturated heterocycles. The summed E-state index contributed by atoms with van der Waals surface area (Å²) < 4.78 is 32.5. The van der Waals surface area contributed by atoms with Crippen molar-refractivity contribution in [1.82, 2.24) is 9.80 Å². The van der Waals surface area contributed by atoms with Crippen LogP contribution in [-0.2, 0) is 27.8 Å². The van der Waals surface area contributed by atoms with E-state index in [2.05, 4.69) is 9.80 Å². The highest BCUT2D eigenvalue weighted by atomic mass is 28.3. The molecule has 2 heterocycles. The van der Waals surface area contributed by atoms with Crippen molar-refractivity contribution < 1.29 is 27.8 Å². The van der Waals surface area contributed by atoms with E-state index in [0.29, 0.717) is 26.4 Å². The fourth-order valence-corrected chi connectivity index (χ4v) is 2.98. The zero-order chi connectivity index (χ0) is 17.4. The molecule has 2 fully saturated rings. The van der Waals surface area contributed by atoms with Gasteiger partial charge in [-0.1, -0.05) is 0 Å². The van der Waals surface area contributed by atoms with E-state index in [4.69, 9.17) is 27.8 Å². The molecule has 8 nitrogen and oxygen atoms in total. The molecule has 2 aliphatic heterocycles. The second-order valence-corrected chi connectivity index (χ2v) is 6.66. The molecule has 0 amide bonds. The van der Waals surface area contributed by atoms with Gasteiger partial charge in [-0.25, -0.2) is 0 Å². The smallest absolute Gasteiger partial charge is 0.379 e. The molecular weight excluding hydrogens is 344 g/mol. The van der Waals surface area contributed by atoms with Crippen LogP contribution in [0.25, 0.3) is 0 Å². The summed E-state index contributed by atoms with van der Waals surface area (Å²) in [5.41, 5.74) is 0. The van der Waals surface area contributed by atoms with Gasteiger partial charge in [-0.2, -0.15) is 0 Å². The van der Waals surface area contributed by atoms with Gasteiger partial charge in [0.2, 0.25) is 0 Å². The Morgan fingerprint density at radius 1 is 0.600 bits per heavy atom. The highest BCUT2D eigenvalue weighted by Gasteiger charge is 2.49. The molecule has 0 aliphatic carbocycles. The van der Waals surface area contributed by atoms with Gasteiger partial charge in [0, 0.05) is 39.3 Å². The molecule has 9 heteroatoms. The zero-order valence-corrected chi connectivity index (χ0v) is 16.2. The molecular formula is C16H32N2O6Si+2. The number of morpholine rings is 2. The van der Waals surface area contributed by atoms with Crippen molar-refractivity contribution in [1.29, 1.82) is 0 Å². The van der Waals surface area contributed by atoms with Crippen LogP contribution in [0.4, 0.5) is 0 Å². The van der Waals surface area contributed by atoms with Gasteiger partial charge in [0.15, 0.2) is 0 Å². The Kier molecular flexibility index (Phi) is 12.7. The lowest BCUT2D eigenvalue weighted by Gasteiger charge is -2.26. The summed E-state index contributed by atoms with van der Waals surface area (Å²) in [7, 11) is 0.0512. The molecule has 0 unspecified atom stereocenters. The number of rotatable bonds is 14. The van der Waals surface area contributed by atoms with E-state index in [0.717, 1.165) is 78.9 Å². The normalized spacial score (nSPS) is 19.8. The number of ether oxygens (including phenoxy) is 4. The molecule has 0 aromatic heterocycles. The average Bonchev–Trinajstić information content (AvgIpc) is 2.67. The minimum absolute atomic E-state index is 0.0512. The Hall–Kier alpha value is -0.103. The second-order valence-electron chi connectivity index (χ2n) is 5.91. The third-order valence-corrected chi connectivity index (χ3v) is 4.73. The van der Waals surface area contributed by atoms with E-state index in [1.54, 1.807) is 0 Å². The van der Waals surface area contributed by atoms with Crippen LogP contribution in [0.5, 0.6) is 0 Å². The van der Waals surface area contributed by atoms with Crippen LogP contribution in [0.3, 0.4) is 0 Å². The molecule has 2 aliphatic rings. The summed E-state index contributed by atoms with van der Waals surface area (Å²) in [5.74, 6) is 0. The summed E-state index contributed by atoms with van der Waals surface area (Å²) in [4.78, 5) is 4.71. The highest BCUT2D eigenvalue weighted by molar-refractivity contribution is 6.17. The standard InChI is InChI=1S/C16H32N2O6Si/c1-7-19-8-2-17(1)5-11-21-13-15-23-25-24-16-14-22-12-6-18-3-9-20-10-4-18/h1-16H2/q+2. The summed E-state index contributed by atoms with van der Waals surface area (Å²) in [5, 5.41) is 0. The highest BCUT2D eigenvalue weighted by Crippen LogP contribution is 1.96. The van der Waals surface area contributed by atoms with Gasteiger partial charge in [-0.3, -0.25) is 9.80 Å². The van der Waals surface area contributed by atoms with E-state index < -0.39 is 0 Å². The molecule has 0 atom stereocenters. The third-order valence-electron chi connectivity index (χ3n) is 4.09. The number of hydrogen-bond donors (Lipinski definition) is 0. The fraction of sp³-hybridized carbons (Fsp3) is 1.00. The van der Waals surface area contributed by atoms with Crippen molar-refractivity contribution >= 4 is 10.0 Å². The molecule has 0 radical (unpaired) electrons. The van der Waals surface area contributed by atoms with Crippen LogP contribution in [-0.4, -0.2) is 125 Å². The molecule has 0 spiro atoms. The zero-order valence-electron chi connectivity index (χ0n) is 15.2. The lowest BCUT2D eigenvalue weighted by Crippen LogP contribution is -2.38. The van der Waals surface area contributed by atoms with Crippen LogP contribution >= 0.6 is 0 Å². The van der Waals surface area contributed by atoms with Crippen molar-refractivity contribution in [3.63, 3.8) is 0 Å². The van der Waals surface area contributed by atoms with Gasteiger partial charge < -0.3 is 18.9 Å². The first-order valence-electron chi connectivity index (χ1n) is 9.19. The molecule has 0 bridgehead atoms. The van der Waals surface area contributed by atoms with E-state index in [9.17, 15) is 0 Å². The van der Waals surface area contributed by atoms with Crippen LogP contribution in [0.1, 0.15) is 0 Å². The maximum absolute atomic E-state index is 5.56. The summed E-state index contributed by atoms with van der Waals surface area (Å²) >= 11 is 0. The van der Waals surface area contributed by atoms with E-state index in [-0.39, 0.29) is 10.0 Å². The second kappa shape index (κ2) is 15.0. The van der Waals surface area contributed by atoms with Crippen molar-refractivity contribution in [3.8, 4) is 0 Å². The Bertz CT molecular complexity index is 276. The van der Waals surface area contributed by atoms with Crippen molar-refractivity contribution in [2.24, 2.45) is 0 Å². The Balaban J connectivity index is 1.23. The maximum atomic E-state index is 5.56. The van der Waals surface area contributed by atoms with E-state index >= 15 is 0 Å². The maximum Gasteiger partial charge on any atom is 1.46 e. The summed E-state index contributed by atoms with van der Waals surface area (Å²) in [6.45, 7) is 13.1. The van der Waals surface area contributed by atoms with E-state index in [1.807, 2.05) is 0 Å². The Morgan fingerprint density at radius 2 is 1.04 bits per heavy atom. The van der Waals surface area contributed by atoms with Crippen molar-refractivity contribution in [2.75, 3.05) is 105 Å². The summed E-state index contributed by atoms with van der Waals surface area (Å²) in [6, 6.07) is 0. The first-order chi connectivity index (χ1) is 12.4. The van der Waals surface area contributed by atoms with Crippen molar-refractivity contribution in [2.45, 2.75) is 0 Å². The van der Waals surface area contributed by atoms with Gasteiger partial charge in [-0.05, 0) is 8.85 Å². The molecule has 0 saturated carbocycles. The predicted octanol–water partition coefficient (Wildman–Crippen LogP) is -0.749. The minimum atomic E-state index is 0.0512. The predicted molar refractivity (Wildman–Crippen MR) is 93.8 cm³/mol. The Labute approximate surface area is 153 Å². The molecule has 0 aromatic carbocycles. The van der Waals surface area contributed by atoms with Gasteiger partial charge in [0.1, 0.15) is 13.2 Å². The molecule has 0 aromatic rings. The van der Waals surface area contributed by atoms with Gasteiger partial charge in [-0.15, -0.1) is 0 Å². The number of hydrogen-bond acceptors (Lipinski definition) is 8. The van der Waals surface area contributed by atoms with Crippen LogP contribution in [0, 0.1) is 0 Å². The monoisotopic (exact) mass is 376 g/mol. The fourth-order valence-electron chi connectivity index (χ4n) is 2.57. The Morgan fingerprint density at radius 3 is 1.48 bits per heavy atom. The molecule has 0 N–H and O–H groups in total. The van der Waals surface area contributed by atoms with E-state index in [1.165, 1.54) is 0 Å². The van der Waals surface area contributed by atoms with Crippen LogP contribution in [0.15, 0.2) is 0 Å². The summed E-state index contributed by atoms with van der Waals surface area (Å²) in [6.07, 6.45) is 0. The number of nitrogens with zero attached hydrogens (tertiary/aromatic N) is 2. The van der Waals surface area contributed by atoms with Crippen LogP contribution in [0.2, 0.25) is 0 Å². The lowest BCUT2D eigenvalue weighted by molar-refractivity contribution is 0.0135. The van der Waals surface area contributed by atoms with Gasteiger partial charge in [0.25, 0.3) is 0 Å². The quantitative estimate of drug-likeness (QED) is 0.290. The first kappa shape index (κ1) is 21.2. The minimum Gasteiger partial charge on any atom is -0.379 e. The lowest BCUT2D eigenvalue weighted by atomic mass is 10.4. The van der Waals surface area contributed by atoms with Gasteiger partial charge in [0.05, 0.1) is 52.9 Å². The molecule has 2 rings (SSSR count). The first-order valence-corrected chi connectivity index (χ1v) is 10.0. The largest absolute Gasteiger partial charge is 1.46 e. The molecule has 144 valence electrons. The SMILES string of the molecule is C(CO[Si+2]OCCOCCN1CCOCC1)OCCN1CCOCC1. The van der Waals surface area contributed by atoms with Gasteiger partial charge >= 0.3 is 10.0 Å².